The smallest absolute Gasteiger partial charge is 0.273 e. The summed E-state index contributed by atoms with van der Waals surface area (Å²) < 4.78 is 3.14. The van der Waals surface area contributed by atoms with E-state index in [0.717, 1.165) is 32.5 Å². The maximum absolute atomic E-state index is 11.9. The summed E-state index contributed by atoms with van der Waals surface area (Å²) in [6.45, 7) is 3.04. The molecule has 3 aromatic rings. The van der Waals surface area contributed by atoms with Crippen LogP contribution in [0.4, 0.5) is 0 Å². The molecule has 1 atom stereocenters. The number of nitrogens with one attached hydrogen (secondary N) is 1. The van der Waals surface area contributed by atoms with Gasteiger partial charge in [-0.2, -0.15) is 0 Å². The molecule has 4 rings (SSSR count). The molecule has 1 saturated heterocycles. The van der Waals surface area contributed by atoms with Crippen LogP contribution in [0.3, 0.4) is 0 Å². The number of fused-ring (bicyclic) bond motifs is 1. The molecule has 27 heavy (non-hydrogen) atoms. The summed E-state index contributed by atoms with van der Waals surface area (Å²) in [4.78, 5) is 15.8. The molecule has 1 amide bonds. The molecule has 2 aromatic heterocycles. The molecule has 0 aliphatic carbocycles. The largest absolute Gasteiger partial charge is 0.395 e. The highest BCUT2D eigenvalue weighted by atomic mass is 32.1. The van der Waals surface area contributed by atoms with Crippen LogP contribution in [0, 0.1) is 0 Å². The molecule has 0 saturated carbocycles. The van der Waals surface area contributed by atoms with Crippen molar-refractivity contribution in [2.24, 2.45) is 0 Å². The van der Waals surface area contributed by atoms with Crippen LogP contribution in [0.5, 0.6) is 0 Å². The Kier molecular flexibility index (Phi) is 5.47. The number of thiophene rings is 1. The molecule has 0 bridgehead atoms. The zero-order chi connectivity index (χ0) is 18.6. The van der Waals surface area contributed by atoms with Crippen molar-refractivity contribution < 1.29 is 9.90 Å². The fraction of sp³-hybridized carbons (Fsp3) is 0.421. The fourth-order valence-electron chi connectivity index (χ4n) is 3.55. The van der Waals surface area contributed by atoms with Gasteiger partial charge < -0.3 is 10.4 Å². The summed E-state index contributed by atoms with van der Waals surface area (Å²) in [5, 5.41) is 20.9. The van der Waals surface area contributed by atoms with E-state index in [1.54, 1.807) is 6.20 Å². The molecule has 1 aromatic carbocycles. The third-order valence-corrected chi connectivity index (χ3v) is 5.95. The van der Waals surface area contributed by atoms with E-state index in [1.165, 1.54) is 15.0 Å². The molecule has 3 heterocycles. The van der Waals surface area contributed by atoms with E-state index in [-0.39, 0.29) is 25.1 Å². The number of carbonyl (C=O) groups is 1. The van der Waals surface area contributed by atoms with Gasteiger partial charge in [0.15, 0.2) is 5.69 Å². The molecule has 7 nitrogen and oxygen atoms in total. The number of hydrogen-bond acceptors (Lipinski definition) is 6. The summed E-state index contributed by atoms with van der Waals surface area (Å²) >= 11 is 1.85. The fourth-order valence-corrected chi connectivity index (χ4v) is 4.65. The van der Waals surface area contributed by atoms with Crippen LogP contribution in [-0.2, 0) is 6.54 Å². The van der Waals surface area contributed by atoms with Crippen molar-refractivity contribution in [2.45, 2.75) is 25.4 Å². The number of likely N-dealkylation sites (tertiary alicyclic amines) is 1. The van der Waals surface area contributed by atoms with Crippen molar-refractivity contribution in [3.8, 4) is 0 Å². The van der Waals surface area contributed by atoms with Gasteiger partial charge in [0.1, 0.15) is 0 Å². The van der Waals surface area contributed by atoms with Crippen LogP contribution in [0.1, 0.15) is 34.2 Å². The monoisotopic (exact) mass is 385 g/mol. The highest BCUT2D eigenvalue weighted by molar-refractivity contribution is 7.19. The molecule has 1 fully saturated rings. The minimum absolute atomic E-state index is 0.0881. The van der Waals surface area contributed by atoms with Crippen LogP contribution >= 0.6 is 11.3 Å². The van der Waals surface area contributed by atoms with Crippen LogP contribution in [-0.4, -0.2) is 57.1 Å². The van der Waals surface area contributed by atoms with Gasteiger partial charge in [-0.3, -0.25) is 9.69 Å². The summed E-state index contributed by atoms with van der Waals surface area (Å²) in [7, 11) is 0. The van der Waals surface area contributed by atoms with Crippen molar-refractivity contribution in [3.05, 3.63) is 47.1 Å². The van der Waals surface area contributed by atoms with Gasteiger partial charge in [-0.1, -0.05) is 23.4 Å². The van der Waals surface area contributed by atoms with Crippen molar-refractivity contribution in [1.29, 1.82) is 0 Å². The van der Waals surface area contributed by atoms with E-state index in [0.29, 0.717) is 5.69 Å². The third-order valence-electron chi connectivity index (χ3n) is 4.85. The van der Waals surface area contributed by atoms with Gasteiger partial charge in [-0.15, -0.1) is 16.4 Å². The standard InChI is InChI=1S/C19H23N5O2S/c25-9-7-20-19(26)17-13-24(22-21-17)15-5-3-8-23(11-15)12-16-10-14-4-1-2-6-18(14)27-16/h1-2,4,6,10,13,15,25H,3,5,7-9,11-12H2,(H,20,26)/t15-/m0/s1. The normalized spacial score (nSPS) is 18.0. The van der Waals surface area contributed by atoms with Gasteiger partial charge in [0.2, 0.25) is 0 Å². The molecular formula is C19H23N5O2S. The van der Waals surface area contributed by atoms with E-state index in [4.69, 9.17) is 5.11 Å². The van der Waals surface area contributed by atoms with Crippen LogP contribution < -0.4 is 5.32 Å². The number of carbonyl (C=O) groups excluding carboxylic acids is 1. The molecule has 8 heteroatoms. The third kappa shape index (κ3) is 4.18. The number of nitrogens with zero attached hydrogens (tertiary/aromatic N) is 4. The lowest BCUT2D eigenvalue weighted by atomic mass is 10.1. The molecule has 0 unspecified atom stereocenters. The highest BCUT2D eigenvalue weighted by Crippen LogP contribution is 2.28. The number of piperidine rings is 1. The molecule has 0 radical (unpaired) electrons. The summed E-state index contributed by atoms with van der Waals surface area (Å²) in [6, 6.07) is 11.0. The Balaban J connectivity index is 1.40. The average Bonchev–Trinajstić information content (AvgIpc) is 3.33. The van der Waals surface area contributed by atoms with E-state index in [9.17, 15) is 4.79 Å². The number of aliphatic hydroxyl groups excluding tert-OH is 1. The van der Waals surface area contributed by atoms with E-state index < -0.39 is 0 Å². The van der Waals surface area contributed by atoms with Crippen LogP contribution in [0.25, 0.3) is 10.1 Å². The van der Waals surface area contributed by atoms with Gasteiger partial charge in [0, 0.05) is 29.2 Å². The number of aliphatic hydroxyl groups is 1. The lowest BCUT2D eigenvalue weighted by Crippen LogP contribution is -2.36. The molecule has 142 valence electrons. The number of aromatic nitrogens is 3. The Bertz CT molecular complexity index is 889. The molecular weight excluding hydrogens is 362 g/mol. The predicted octanol–water partition coefficient (Wildman–Crippen LogP) is 2.05. The number of hydrogen-bond donors (Lipinski definition) is 2. The summed E-state index contributed by atoms with van der Waals surface area (Å²) in [5.41, 5.74) is 0.296. The minimum atomic E-state index is -0.298. The lowest BCUT2D eigenvalue weighted by molar-refractivity contribution is 0.0939. The Morgan fingerprint density at radius 2 is 2.26 bits per heavy atom. The number of rotatable bonds is 6. The molecule has 2 N–H and O–H groups in total. The van der Waals surface area contributed by atoms with Crippen LogP contribution in [0.2, 0.25) is 0 Å². The predicted molar refractivity (Wildman–Crippen MR) is 105 cm³/mol. The van der Waals surface area contributed by atoms with Gasteiger partial charge in [-0.05, 0) is 36.9 Å². The van der Waals surface area contributed by atoms with E-state index in [2.05, 4.69) is 50.9 Å². The second kappa shape index (κ2) is 8.16. The van der Waals surface area contributed by atoms with Crippen molar-refractivity contribution in [2.75, 3.05) is 26.2 Å². The van der Waals surface area contributed by atoms with Gasteiger partial charge in [-0.25, -0.2) is 4.68 Å². The second-order valence-corrected chi connectivity index (χ2v) is 8.01. The number of amides is 1. The Morgan fingerprint density at radius 1 is 1.37 bits per heavy atom. The SMILES string of the molecule is O=C(NCCO)c1cn([C@H]2CCCN(Cc3cc4ccccc4s3)C2)nn1. The molecule has 0 spiro atoms. The minimum Gasteiger partial charge on any atom is -0.395 e. The highest BCUT2D eigenvalue weighted by Gasteiger charge is 2.24. The first-order chi connectivity index (χ1) is 13.2. The summed E-state index contributed by atoms with van der Waals surface area (Å²) in [6.07, 6.45) is 3.84. The van der Waals surface area contributed by atoms with Crippen molar-refractivity contribution >= 4 is 27.3 Å². The Labute approximate surface area is 161 Å². The first-order valence-electron chi connectivity index (χ1n) is 9.23. The van der Waals surface area contributed by atoms with Gasteiger partial charge in [0.05, 0.1) is 18.8 Å². The maximum atomic E-state index is 11.9. The van der Waals surface area contributed by atoms with E-state index >= 15 is 0 Å². The van der Waals surface area contributed by atoms with Crippen molar-refractivity contribution in [3.63, 3.8) is 0 Å². The first kappa shape index (κ1) is 18.1. The summed E-state index contributed by atoms with van der Waals surface area (Å²) in [5.74, 6) is -0.298. The van der Waals surface area contributed by atoms with Gasteiger partial charge in [0.25, 0.3) is 5.91 Å². The van der Waals surface area contributed by atoms with Crippen LogP contribution in [0.15, 0.2) is 36.5 Å². The Morgan fingerprint density at radius 3 is 3.11 bits per heavy atom. The number of benzene rings is 1. The molecule has 1 aliphatic rings. The first-order valence-corrected chi connectivity index (χ1v) is 10.1. The average molecular weight is 385 g/mol. The Hall–Kier alpha value is -2.29. The quantitative estimate of drug-likeness (QED) is 0.679. The zero-order valence-electron chi connectivity index (χ0n) is 15.0. The topological polar surface area (TPSA) is 83.3 Å². The molecule has 1 aliphatic heterocycles. The van der Waals surface area contributed by atoms with Crippen molar-refractivity contribution in [1.82, 2.24) is 25.2 Å². The van der Waals surface area contributed by atoms with E-state index in [1.807, 2.05) is 16.0 Å². The zero-order valence-corrected chi connectivity index (χ0v) is 15.9. The maximum Gasteiger partial charge on any atom is 0.273 e. The second-order valence-electron chi connectivity index (χ2n) is 6.85. The lowest BCUT2D eigenvalue weighted by Gasteiger charge is -2.32. The van der Waals surface area contributed by atoms with Gasteiger partial charge >= 0.3 is 0 Å².